The highest BCUT2D eigenvalue weighted by atomic mass is 19.1. The van der Waals surface area contributed by atoms with Gasteiger partial charge in [-0.3, -0.25) is 9.69 Å². The zero-order valence-corrected chi connectivity index (χ0v) is 18.4. The van der Waals surface area contributed by atoms with Gasteiger partial charge in [0.05, 0.1) is 11.6 Å². The fourth-order valence-corrected chi connectivity index (χ4v) is 4.83. The van der Waals surface area contributed by atoms with Crippen LogP contribution < -0.4 is 5.32 Å². The van der Waals surface area contributed by atoms with Gasteiger partial charge in [-0.2, -0.15) is 5.26 Å². The lowest BCUT2D eigenvalue weighted by atomic mass is 9.84. The van der Waals surface area contributed by atoms with E-state index in [9.17, 15) is 9.18 Å². The van der Waals surface area contributed by atoms with Crippen molar-refractivity contribution in [3.8, 4) is 6.07 Å². The molecule has 5 heteroatoms. The molecule has 0 bridgehead atoms. The smallest absolute Gasteiger partial charge is 0.244 e. The summed E-state index contributed by atoms with van der Waals surface area (Å²) in [6.45, 7) is 3.15. The van der Waals surface area contributed by atoms with Crippen LogP contribution in [0.25, 0.3) is 6.08 Å². The van der Waals surface area contributed by atoms with Gasteiger partial charge in [0.2, 0.25) is 5.91 Å². The molecular weight excluding hydrogens is 401 g/mol. The average molecular weight is 432 g/mol. The lowest BCUT2D eigenvalue weighted by Gasteiger charge is -2.33. The Labute approximate surface area is 189 Å². The van der Waals surface area contributed by atoms with Crippen LogP contribution >= 0.6 is 0 Å². The van der Waals surface area contributed by atoms with Gasteiger partial charge in [-0.15, -0.1) is 0 Å². The Morgan fingerprint density at radius 2 is 1.91 bits per heavy atom. The van der Waals surface area contributed by atoms with Crippen LogP contribution in [0.3, 0.4) is 0 Å². The van der Waals surface area contributed by atoms with Gasteiger partial charge in [0.1, 0.15) is 5.82 Å². The summed E-state index contributed by atoms with van der Waals surface area (Å²) in [5, 5.41) is 12.2. The second kappa shape index (κ2) is 10.6. The van der Waals surface area contributed by atoms with Crippen molar-refractivity contribution < 1.29 is 9.18 Å². The largest absolute Gasteiger partial charge is 0.350 e. The molecule has 4 nitrogen and oxygen atoms in total. The molecule has 1 fully saturated rings. The molecule has 2 aliphatic rings. The Kier molecular flexibility index (Phi) is 7.34. The third kappa shape index (κ3) is 6.05. The Balaban J connectivity index is 1.16. The molecule has 166 valence electrons. The van der Waals surface area contributed by atoms with E-state index in [1.54, 1.807) is 18.2 Å². The number of rotatable bonds is 6. The summed E-state index contributed by atoms with van der Waals surface area (Å²) in [7, 11) is 0. The van der Waals surface area contributed by atoms with Crippen LogP contribution in [0.15, 0.2) is 48.5 Å². The monoisotopic (exact) mass is 431 g/mol. The number of halogens is 1. The van der Waals surface area contributed by atoms with Gasteiger partial charge in [0, 0.05) is 25.2 Å². The lowest BCUT2D eigenvalue weighted by Crippen LogP contribution is -2.37. The minimum absolute atomic E-state index is 0.0793. The van der Waals surface area contributed by atoms with Gasteiger partial charge in [-0.05, 0) is 98.0 Å². The fraction of sp³-hybridized carbons (Fsp3) is 0.407. The highest BCUT2D eigenvalue weighted by Crippen LogP contribution is 2.28. The lowest BCUT2D eigenvalue weighted by molar-refractivity contribution is -0.117. The first-order valence-corrected chi connectivity index (χ1v) is 11.6. The molecule has 32 heavy (non-hydrogen) atoms. The van der Waals surface area contributed by atoms with Crippen LogP contribution in [0.1, 0.15) is 54.4 Å². The maximum Gasteiger partial charge on any atom is 0.244 e. The van der Waals surface area contributed by atoms with Crippen molar-refractivity contribution in [1.29, 1.82) is 5.26 Å². The Morgan fingerprint density at radius 3 is 2.66 bits per heavy atom. The van der Waals surface area contributed by atoms with Gasteiger partial charge in [0.25, 0.3) is 0 Å². The number of nitrogens with zero attached hydrogens (tertiary/aromatic N) is 2. The Hall–Kier alpha value is -2.97. The molecular formula is C27H30FN3O. The van der Waals surface area contributed by atoms with Crippen molar-refractivity contribution in [2.45, 2.75) is 51.1 Å². The summed E-state index contributed by atoms with van der Waals surface area (Å²) in [6, 6.07) is 14.7. The van der Waals surface area contributed by atoms with Crippen LogP contribution in [-0.4, -0.2) is 29.9 Å². The van der Waals surface area contributed by atoms with Crippen molar-refractivity contribution in [1.82, 2.24) is 10.2 Å². The molecule has 1 aliphatic heterocycles. The number of nitrogens with one attached hydrogen (secondary N) is 1. The summed E-state index contributed by atoms with van der Waals surface area (Å²) in [5.74, 6) is 0.368. The molecule has 2 aromatic carbocycles. The molecule has 1 aliphatic carbocycles. The molecule has 2 aromatic rings. The molecule has 0 aromatic heterocycles. The second-order valence-electron chi connectivity index (χ2n) is 9.02. The summed E-state index contributed by atoms with van der Waals surface area (Å²) < 4.78 is 13.0. The van der Waals surface area contributed by atoms with E-state index < -0.39 is 0 Å². The summed E-state index contributed by atoms with van der Waals surface area (Å²) in [4.78, 5) is 14.7. The Bertz CT molecular complexity index is 1000. The first kappa shape index (κ1) is 22.2. The number of hydrogen-bond acceptors (Lipinski definition) is 3. The van der Waals surface area contributed by atoms with E-state index in [0.717, 1.165) is 68.8 Å². The molecule has 0 spiro atoms. The highest BCUT2D eigenvalue weighted by Gasteiger charge is 2.23. The minimum Gasteiger partial charge on any atom is -0.350 e. The quantitative estimate of drug-likeness (QED) is 0.667. The van der Waals surface area contributed by atoms with E-state index in [1.165, 1.54) is 35.8 Å². The average Bonchev–Trinajstić information content (AvgIpc) is 2.83. The number of amides is 1. The highest BCUT2D eigenvalue weighted by molar-refractivity contribution is 5.91. The first-order chi connectivity index (χ1) is 15.6. The first-order valence-electron chi connectivity index (χ1n) is 11.6. The minimum atomic E-state index is -0.275. The van der Waals surface area contributed by atoms with Crippen molar-refractivity contribution in [2.75, 3.05) is 13.1 Å². The molecule has 1 saturated carbocycles. The SMILES string of the molecule is N#Cc1ccc2c(c1)CCN(CCC1CCC(NC(=O)C=Cc3ccc(F)cc3)CC1)C2. The van der Waals surface area contributed by atoms with E-state index in [2.05, 4.69) is 22.4 Å². The second-order valence-corrected chi connectivity index (χ2v) is 9.02. The van der Waals surface area contributed by atoms with Gasteiger partial charge in [0.15, 0.2) is 0 Å². The third-order valence-corrected chi connectivity index (χ3v) is 6.77. The number of fused-ring (bicyclic) bond motifs is 1. The van der Waals surface area contributed by atoms with Crippen LogP contribution in [0.5, 0.6) is 0 Å². The predicted octanol–water partition coefficient (Wildman–Crippen LogP) is 4.83. The number of carbonyl (C=O) groups excluding carboxylic acids is 1. The van der Waals surface area contributed by atoms with Gasteiger partial charge in [-0.25, -0.2) is 4.39 Å². The summed E-state index contributed by atoms with van der Waals surface area (Å²) in [5.41, 5.74) is 4.25. The normalized spacial score (nSPS) is 21.1. The maximum absolute atomic E-state index is 13.0. The maximum atomic E-state index is 13.0. The third-order valence-electron chi connectivity index (χ3n) is 6.77. The molecule has 0 radical (unpaired) electrons. The molecule has 1 amide bonds. The number of benzene rings is 2. The molecule has 0 unspecified atom stereocenters. The number of nitriles is 1. The fourth-order valence-electron chi connectivity index (χ4n) is 4.83. The van der Waals surface area contributed by atoms with Crippen LogP contribution in [0.2, 0.25) is 0 Å². The summed E-state index contributed by atoms with van der Waals surface area (Å²) >= 11 is 0. The Morgan fingerprint density at radius 1 is 1.12 bits per heavy atom. The topological polar surface area (TPSA) is 56.1 Å². The molecule has 1 N–H and O–H groups in total. The van der Waals surface area contributed by atoms with Crippen LogP contribution in [-0.2, 0) is 17.8 Å². The van der Waals surface area contributed by atoms with Crippen molar-refractivity contribution in [3.63, 3.8) is 0 Å². The van der Waals surface area contributed by atoms with E-state index in [1.807, 2.05) is 12.1 Å². The molecule has 0 atom stereocenters. The van der Waals surface area contributed by atoms with Crippen LogP contribution in [0.4, 0.5) is 4.39 Å². The van der Waals surface area contributed by atoms with E-state index >= 15 is 0 Å². The molecule has 1 heterocycles. The summed E-state index contributed by atoms with van der Waals surface area (Å²) in [6.07, 6.45) is 9.85. The standard InChI is InChI=1S/C27H30FN3O/c28-25-8-2-20(3-9-25)6-12-27(32)30-26-10-4-21(5-11-26)13-15-31-16-14-23-17-22(18-29)1-7-24(23)19-31/h1-3,6-9,12,17,21,26H,4-5,10-11,13-16,19H2,(H,30,32). The van der Waals surface area contributed by atoms with E-state index in [-0.39, 0.29) is 17.8 Å². The van der Waals surface area contributed by atoms with Crippen molar-refractivity contribution >= 4 is 12.0 Å². The van der Waals surface area contributed by atoms with E-state index in [0.29, 0.717) is 0 Å². The zero-order chi connectivity index (χ0) is 22.3. The molecule has 0 saturated heterocycles. The van der Waals surface area contributed by atoms with Gasteiger partial charge >= 0.3 is 0 Å². The van der Waals surface area contributed by atoms with Gasteiger partial charge < -0.3 is 5.32 Å². The van der Waals surface area contributed by atoms with Crippen molar-refractivity contribution in [2.24, 2.45) is 5.92 Å². The number of carbonyl (C=O) groups is 1. The number of hydrogen-bond donors (Lipinski definition) is 1. The van der Waals surface area contributed by atoms with Crippen molar-refractivity contribution in [3.05, 3.63) is 76.6 Å². The van der Waals surface area contributed by atoms with Crippen LogP contribution in [0, 0.1) is 23.1 Å². The van der Waals surface area contributed by atoms with Gasteiger partial charge in [-0.1, -0.05) is 18.2 Å². The molecule has 4 rings (SSSR count). The zero-order valence-electron chi connectivity index (χ0n) is 18.4. The predicted molar refractivity (Wildman–Crippen MR) is 124 cm³/mol. The van der Waals surface area contributed by atoms with E-state index in [4.69, 9.17) is 5.26 Å².